The summed E-state index contributed by atoms with van der Waals surface area (Å²) in [5.41, 5.74) is 0.802. The zero-order valence-electron chi connectivity index (χ0n) is 19.7. The Bertz CT molecular complexity index is 1240. The number of nitrogens with one attached hydrogen (secondary N) is 1. The molecule has 3 N–H and O–H groups in total. The highest BCUT2D eigenvalue weighted by Gasteiger charge is 2.35. The van der Waals surface area contributed by atoms with Gasteiger partial charge in [-0.15, -0.1) is 0 Å². The average Bonchev–Trinajstić information content (AvgIpc) is 3.69. The summed E-state index contributed by atoms with van der Waals surface area (Å²) in [6.45, 7) is 0. The second-order valence-electron chi connectivity index (χ2n) is 9.12. The smallest absolute Gasteiger partial charge is 0.456 e. The molecule has 0 spiro atoms. The van der Waals surface area contributed by atoms with E-state index >= 15 is 0 Å². The van der Waals surface area contributed by atoms with E-state index in [-0.39, 0.29) is 18.9 Å². The van der Waals surface area contributed by atoms with Crippen molar-refractivity contribution in [3.8, 4) is 11.5 Å². The van der Waals surface area contributed by atoms with Gasteiger partial charge in [0.25, 0.3) is 0 Å². The summed E-state index contributed by atoms with van der Waals surface area (Å²) in [5.74, 6) is -1.48. The molecule has 196 valence electrons. The third kappa shape index (κ3) is 8.41. The Morgan fingerprint density at radius 2 is 1.65 bits per heavy atom. The summed E-state index contributed by atoms with van der Waals surface area (Å²) >= 11 is 0. The van der Waals surface area contributed by atoms with E-state index in [0.29, 0.717) is 23.8 Å². The van der Waals surface area contributed by atoms with Gasteiger partial charge in [0.15, 0.2) is 14.9 Å². The Balaban J connectivity index is 0.00000380. The molecule has 1 amide bonds. The second-order valence-corrected chi connectivity index (χ2v) is 11.1. The molecule has 0 unspecified atom stereocenters. The van der Waals surface area contributed by atoms with E-state index < -0.39 is 40.5 Å². The summed E-state index contributed by atoms with van der Waals surface area (Å²) in [6.07, 6.45) is 3.92. The summed E-state index contributed by atoms with van der Waals surface area (Å²) < 4.78 is 32.1. The molecule has 0 saturated heterocycles. The van der Waals surface area contributed by atoms with Crippen molar-refractivity contribution in [3.63, 3.8) is 0 Å². The Morgan fingerprint density at radius 1 is 1.00 bits per heavy atom. The molecule has 37 heavy (non-hydrogen) atoms. The van der Waals surface area contributed by atoms with Crippen molar-refractivity contribution < 1.29 is 28.0 Å². The monoisotopic (exact) mass is 524 g/mol. The van der Waals surface area contributed by atoms with Crippen molar-refractivity contribution in [1.82, 2.24) is 10.3 Å². The molecule has 1 aliphatic carbocycles. The number of benzene rings is 2. The van der Waals surface area contributed by atoms with Crippen LogP contribution in [-0.2, 0) is 21.1 Å². The van der Waals surface area contributed by atoms with Gasteiger partial charge >= 0.3 is 7.12 Å². The van der Waals surface area contributed by atoms with Crippen LogP contribution >= 0.6 is 0 Å². The number of pyridine rings is 1. The maximum Gasteiger partial charge on any atom is 0.475 e. The third-order valence-corrected chi connectivity index (χ3v) is 7.81. The predicted molar refractivity (Wildman–Crippen MR) is 143 cm³/mol. The molecule has 1 saturated carbocycles. The van der Waals surface area contributed by atoms with E-state index in [1.165, 1.54) is 18.3 Å². The third-order valence-electron chi connectivity index (χ3n) is 6.09. The number of carbonyl (C=O) groups excluding carboxylic acids is 1. The van der Waals surface area contributed by atoms with E-state index in [1.807, 2.05) is 48.5 Å². The van der Waals surface area contributed by atoms with Gasteiger partial charge in [-0.05, 0) is 48.6 Å². The van der Waals surface area contributed by atoms with E-state index in [1.54, 1.807) is 12.1 Å². The SMILES string of the molecule is C.O=C(N[C@@H](CC1CC1)B(O)O)[C@H](Cc1ccccc1)CS(=O)(=O)c1ccc(Oc2ccccc2)cn1. The standard InChI is InChI=1S/C26H29BN2O6S.CH4/c30-26(29-24(27(31)32)16-20-11-12-20)21(15-19-7-3-1-4-8-19)18-36(33,34)25-14-13-23(17-28-25)35-22-9-5-2-6-10-22;/h1-10,13-14,17,20-21,24,31-32H,11-12,15-16,18H2,(H,29,30);1H4/t21-,24+;/m1./s1. The van der Waals surface area contributed by atoms with E-state index in [9.17, 15) is 23.3 Å². The lowest BCUT2D eigenvalue weighted by Gasteiger charge is -2.22. The van der Waals surface area contributed by atoms with Crippen LogP contribution in [0.3, 0.4) is 0 Å². The van der Waals surface area contributed by atoms with Crippen LogP contribution in [0.1, 0.15) is 32.3 Å². The summed E-state index contributed by atoms with van der Waals surface area (Å²) in [7, 11) is -5.65. The lowest BCUT2D eigenvalue weighted by atomic mass is 9.76. The van der Waals surface area contributed by atoms with Crippen molar-refractivity contribution in [1.29, 1.82) is 0 Å². The highest BCUT2D eigenvalue weighted by Crippen LogP contribution is 2.33. The quantitative estimate of drug-likeness (QED) is 0.310. The molecule has 4 rings (SSSR count). The lowest BCUT2D eigenvalue weighted by Crippen LogP contribution is -2.50. The molecule has 0 radical (unpaired) electrons. The van der Waals surface area contributed by atoms with Crippen LogP contribution in [0.5, 0.6) is 11.5 Å². The van der Waals surface area contributed by atoms with Gasteiger partial charge in [-0.2, -0.15) is 0 Å². The average molecular weight is 524 g/mol. The summed E-state index contributed by atoms with van der Waals surface area (Å²) in [4.78, 5) is 17.3. The number of aromatic nitrogens is 1. The topological polar surface area (TPSA) is 126 Å². The van der Waals surface area contributed by atoms with Gasteiger partial charge in [0.2, 0.25) is 5.91 Å². The molecule has 0 bridgehead atoms. The van der Waals surface area contributed by atoms with Crippen LogP contribution in [0.2, 0.25) is 0 Å². The van der Waals surface area contributed by atoms with Gasteiger partial charge in [-0.25, -0.2) is 13.4 Å². The van der Waals surface area contributed by atoms with Gasteiger partial charge < -0.3 is 20.1 Å². The Labute approximate surface area is 218 Å². The Kier molecular flexibility index (Phi) is 9.85. The lowest BCUT2D eigenvalue weighted by molar-refractivity contribution is -0.124. The number of hydrogen-bond donors (Lipinski definition) is 3. The number of nitrogens with zero attached hydrogens (tertiary/aromatic N) is 1. The van der Waals surface area contributed by atoms with Crippen molar-refractivity contribution >= 4 is 22.9 Å². The molecule has 3 aromatic rings. The number of ether oxygens (including phenoxy) is 1. The van der Waals surface area contributed by atoms with Crippen LogP contribution in [0.15, 0.2) is 84.0 Å². The minimum Gasteiger partial charge on any atom is -0.456 e. The zero-order chi connectivity index (χ0) is 25.5. The maximum absolute atomic E-state index is 13.2. The van der Waals surface area contributed by atoms with Crippen LogP contribution in [0.4, 0.5) is 0 Å². The fourth-order valence-corrected chi connectivity index (χ4v) is 5.44. The van der Waals surface area contributed by atoms with Gasteiger partial charge in [-0.3, -0.25) is 4.79 Å². The molecule has 8 nitrogen and oxygen atoms in total. The molecule has 1 aromatic heterocycles. The van der Waals surface area contributed by atoms with Crippen molar-refractivity contribution in [2.24, 2.45) is 11.8 Å². The number of sulfone groups is 1. The van der Waals surface area contributed by atoms with Gasteiger partial charge in [0.05, 0.1) is 23.8 Å². The van der Waals surface area contributed by atoms with Crippen LogP contribution in [-0.4, -0.2) is 48.2 Å². The Hall–Kier alpha value is -3.21. The van der Waals surface area contributed by atoms with Crippen LogP contribution in [0.25, 0.3) is 0 Å². The minimum absolute atomic E-state index is 0. The molecule has 0 aliphatic heterocycles. The molecule has 2 atom stereocenters. The first-order valence-corrected chi connectivity index (χ1v) is 13.6. The molecule has 2 aromatic carbocycles. The van der Waals surface area contributed by atoms with E-state index in [0.717, 1.165) is 18.4 Å². The first kappa shape index (κ1) is 28.4. The first-order valence-electron chi connectivity index (χ1n) is 11.9. The molecule has 1 aliphatic rings. The van der Waals surface area contributed by atoms with Crippen molar-refractivity contribution in [2.75, 3.05) is 5.75 Å². The van der Waals surface area contributed by atoms with Gasteiger partial charge in [0.1, 0.15) is 11.5 Å². The Morgan fingerprint density at radius 3 is 2.22 bits per heavy atom. The van der Waals surface area contributed by atoms with E-state index in [4.69, 9.17) is 4.74 Å². The molecule has 1 heterocycles. The van der Waals surface area contributed by atoms with Crippen LogP contribution < -0.4 is 10.1 Å². The molecular formula is C27H33BN2O6S. The highest BCUT2D eigenvalue weighted by atomic mass is 32.2. The van der Waals surface area contributed by atoms with Gasteiger partial charge in [-0.1, -0.05) is 68.8 Å². The fraction of sp³-hybridized carbons (Fsp3) is 0.333. The highest BCUT2D eigenvalue weighted by molar-refractivity contribution is 7.91. The largest absolute Gasteiger partial charge is 0.475 e. The number of rotatable bonds is 12. The van der Waals surface area contributed by atoms with Crippen LogP contribution in [0, 0.1) is 11.8 Å². The molecule has 1 fully saturated rings. The molecule has 10 heteroatoms. The minimum atomic E-state index is -3.93. The number of amides is 1. The first-order chi connectivity index (χ1) is 17.3. The van der Waals surface area contributed by atoms with Gasteiger partial charge in [0, 0.05) is 0 Å². The second kappa shape index (κ2) is 12.8. The number of hydrogen-bond acceptors (Lipinski definition) is 7. The summed E-state index contributed by atoms with van der Waals surface area (Å²) in [6, 6.07) is 21.1. The predicted octanol–water partition coefficient (Wildman–Crippen LogP) is 3.44. The van der Waals surface area contributed by atoms with E-state index in [2.05, 4.69) is 10.3 Å². The van der Waals surface area contributed by atoms with Crippen molar-refractivity contribution in [2.45, 2.75) is 44.1 Å². The molecular weight excluding hydrogens is 491 g/mol. The fourth-order valence-electron chi connectivity index (χ4n) is 3.98. The number of carbonyl (C=O) groups is 1. The summed E-state index contributed by atoms with van der Waals surface area (Å²) in [5, 5.41) is 22.0. The normalized spacial score (nSPS) is 14.6. The maximum atomic E-state index is 13.2. The number of para-hydroxylation sites is 1. The zero-order valence-corrected chi connectivity index (χ0v) is 20.5. The van der Waals surface area contributed by atoms with Crippen molar-refractivity contribution in [3.05, 3.63) is 84.6 Å².